The number of unbranched alkanes of at least 4 members (excludes halogenated alkanes) is 2. The number of rotatable bonds is 9. The highest BCUT2D eigenvalue weighted by molar-refractivity contribution is 5.79. The molecule has 0 aromatic rings. The summed E-state index contributed by atoms with van der Waals surface area (Å²) in [5.74, 6) is -1.10. The number of nitrogens with one attached hydrogen (secondary N) is 2. The number of alkyl carbamates (subject to hydrolysis) is 2. The lowest BCUT2D eigenvalue weighted by Gasteiger charge is -2.22. The number of ether oxygens (including phenoxy) is 2. The van der Waals surface area contributed by atoms with Gasteiger partial charge in [-0.3, -0.25) is 5.32 Å². The molecule has 27 heavy (non-hydrogen) atoms. The van der Waals surface area contributed by atoms with Crippen LogP contribution in [0.3, 0.4) is 0 Å². The predicted octanol–water partition coefficient (Wildman–Crippen LogP) is 3.95. The number of carbonyl (C=O) groups excluding carboxylic acids is 2. The molecule has 0 radical (unpaired) electrons. The van der Waals surface area contributed by atoms with Crippen molar-refractivity contribution in [2.75, 3.05) is 0 Å². The predicted molar refractivity (Wildman–Crippen MR) is 102 cm³/mol. The van der Waals surface area contributed by atoms with Gasteiger partial charge < -0.3 is 19.9 Å². The second-order valence-electron chi connectivity index (χ2n) is 8.37. The molecular weight excluding hydrogens is 352 g/mol. The number of hydrogen-bond acceptors (Lipinski definition) is 5. The Hall–Kier alpha value is -2.25. The number of amides is 2. The van der Waals surface area contributed by atoms with Gasteiger partial charge >= 0.3 is 18.2 Å². The molecule has 0 bridgehead atoms. The summed E-state index contributed by atoms with van der Waals surface area (Å²) in [4.78, 5) is 34.6. The Bertz CT molecular complexity index is 531. The Balaban J connectivity index is 4.11. The molecule has 0 aromatic carbocycles. The smallest absolute Gasteiger partial charge is 0.411 e. The van der Waals surface area contributed by atoms with Gasteiger partial charge in [0.05, 0.1) is 0 Å². The third-order valence-corrected chi connectivity index (χ3v) is 3.14. The fourth-order valence-electron chi connectivity index (χ4n) is 2.08. The number of carboxylic acids is 1. The van der Waals surface area contributed by atoms with E-state index in [9.17, 15) is 19.5 Å². The van der Waals surface area contributed by atoms with E-state index in [1.165, 1.54) is 0 Å². The Morgan fingerprint density at radius 2 is 1.44 bits per heavy atom. The van der Waals surface area contributed by atoms with E-state index in [-0.39, 0.29) is 0 Å². The molecule has 8 nitrogen and oxygen atoms in total. The quantitative estimate of drug-likeness (QED) is 0.517. The monoisotopic (exact) mass is 386 g/mol. The normalized spacial score (nSPS) is 12.7. The zero-order valence-corrected chi connectivity index (χ0v) is 17.3. The molecule has 2 amide bonds. The number of hydrogen-bond donors (Lipinski definition) is 3. The van der Waals surface area contributed by atoms with E-state index in [1.807, 2.05) is 0 Å². The first-order valence-corrected chi connectivity index (χ1v) is 9.10. The number of carbonyl (C=O) groups is 3. The van der Waals surface area contributed by atoms with Crippen molar-refractivity contribution < 1.29 is 29.0 Å². The molecular formula is C19H34N2O6. The number of allylic oxidation sites excluding steroid dienone is 1. The average Bonchev–Trinajstić information content (AvgIpc) is 2.40. The third-order valence-electron chi connectivity index (χ3n) is 3.14. The van der Waals surface area contributed by atoms with Gasteiger partial charge in [0.1, 0.15) is 17.2 Å². The van der Waals surface area contributed by atoms with Crippen LogP contribution in [-0.4, -0.2) is 40.5 Å². The molecule has 0 spiro atoms. The highest BCUT2D eigenvalue weighted by Gasteiger charge is 2.23. The summed E-state index contributed by atoms with van der Waals surface area (Å²) in [7, 11) is 0. The van der Waals surface area contributed by atoms with E-state index in [0.29, 0.717) is 25.0 Å². The Morgan fingerprint density at radius 1 is 0.926 bits per heavy atom. The maximum absolute atomic E-state index is 11.7. The van der Waals surface area contributed by atoms with Crippen LogP contribution in [0.4, 0.5) is 9.59 Å². The molecule has 1 atom stereocenters. The standard InChI is InChI=1S/C19H34N2O6/c1-13(20-16(24)26-18(2,3)4)11-9-8-10-12-14(15(22)23)21-17(25)27-19(5,6)7/h14H,1,8-12H2,2-7H3,(H,20,24)(H,21,25)(H,22,23)/t14-/m0/s1. The molecule has 0 aliphatic rings. The average molecular weight is 386 g/mol. The molecule has 0 unspecified atom stereocenters. The summed E-state index contributed by atoms with van der Waals surface area (Å²) in [5, 5.41) is 14.2. The van der Waals surface area contributed by atoms with Gasteiger partial charge in [-0.1, -0.05) is 19.4 Å². The fraction of sp³-hybridized carbons (Fsp3) is 0.737. The van der Waals surface area contributed by atoms with Crippen molar-refractivity contribution in [2.24, 2.45) is 0 Å². The maximum Gasteiger partial charge on any atom is 0.411 e. The van der Waals surface area contributed by atoms with Crippen LogP contribution in [0.15, 0.2) is 12.3 Å². The molecule has 0 fully saturated rings. The Kier molecular flexibility index (Phi) is 9.89. The van der Waals surface area contributed by atoms with Crippen LogP contribution in [0.25, 0.3) is 0 Å². The zero-order chi connectivity index (χ0) is 21.3. The van der Waals surface area contributed by atoms with Crippen molar-refractivity contribution in [1.82, 2.24) is 10.6 Å². The first kappa shape index (κ1) is 24.8. The summed E-state index contributed by atoms with van der Waals surface area (Å²) in [6.45, 7) is 14.2. The van der Waals surface area contributed by atoms with Gasteiger partial charge in [-0.2, -0.15) is 0 Å². The third kappa shape index (κ3) is 14.6. The van der Waals surface area contributed by atoms with E-state index in [1.54, 1.807) is 41.5 Å². The topological polar surface area (TPSA) is 114 Å². The Labute approximate surface area is 161 Å². The second-order valence-corrected chi connectivity index (χ2v) is 8.37. The molecule has 156 valence electrons. The largest absolute Gasteiger partial charge is 0.480 e. The van der Waals surface area contributed by atoms with E-state index >= 15 is 0 Å². The van der Waals surface area contributed by atoms with Crippen LogP contribution in [0.5, 0.6) is 0 Å². The SMILES string of the molecule is C=C(CCCCC[C@H](NC(=O)OC(C)(C)C)C(=O)O)NC(=O)OC(C)(C)C. The van der Waals surface area contributed by atoms with Crippen molar-refractivity contribution in [3.8, 4) is 0 Å². The summed E-state index contributed by atoms with van der Waals surface area (Å²) in [5.41, 5.74) is -0.711. The molecule has 0 rings (SSSR count). The van der Waals surface area contributed by atoms with E-state index in [0.717, 1.165) is 12.8 Å². The van der Waals surface area contributed by atoms with Crippen molar-refractivity contribution >= 4 is 18.2 Å². The van der Waals surface area contributed by atoms with Crippen molar-refractivity contribution in [1.29, 1.82) is 0 Å². The maximum atomic E-state index is 11.7. The van der Waals surface area contributed by atoms with Crippen molar-refractivity contribution in [3.63, 3.8) is 0 Å². The molecule has 0 saturated heterocycles. The summed E-state index contributed by atoms with van der Waals surface area (Å²) in [6.07, 6.45) is 1.64. The Morgan fingerprint density at radius 3 is 1.93 bits per heavy atom. The second kappa shape index (κ2) is 10.8. The van der Waals surface area contributed by atoms with Crippen LogP contribution in [0.1, 0.15) is 73.6 Å². The highest BCUT2D eigenvalue weighted by atomic mass is 16.6. The van der Waals surface area contributed by atoms with Gasteiger partial charge in [0, 0.05) is 5.70 Å². The minimum Gasteiger partial charge on any atom is -0.480 e. The highest BCUT2D eigenvalue weighted by Crippen LogP contribution is 2.12. The van der Waals surface area contributed by atoms with Gasteiger partial charge in [-0.05, 0) is 60.8 Å². The minimum absolute atomic E-state index is 0.292. The van der Waals surface area contributed by atoms with E-state index < -0.39 is 35.4 Å². The first-order chi connectivity index (χ1) is 12.2. The van der Waals surface area contributed by atoms with Gasteiger partial charge in [0.15, 0.2) is 0 Å². The molecule has 0 aromatic heterocycles. The van der Waals surface area contributed by atoms with Crippen LogP contribution < -0.4 is 10.6 Å². The van der Waals surface area contributed by atoms with Crippen LogP contribution in [0, 0.1) is 0 Å². The molecule has 0 heterocycles. The van der Waals surface area contributed by atoms with Gasteiger partial charge in [-0.15, -0.1) is 0 Å². The number of carboxylic acid groups (broad SMARTS) is 1. The summed E-state index contributed by atoms with van der Waals surface area (Å²) >= 11 is 0. The zero-order valence-electron chi connectivity index (χ0n) is 17.3. The van der Waals surface area contributed by atoms with Crippen LogP contribution in [0.2, 0.25) is 0 Å². The molecule has 0 saturated carbocycles. The van der Waals surface area contributed by atoms with Gasteiger partial charge in [-0.25, -0.2) is 14.4 Å². The van der Waals surface area contributed by atoms with Gasteiger partial charge in [0.2, 0.25) is 0 Å². The molecule has 0 aliphatic heterocycles. The molecule has 3 N–H and O–H groups in total. The van der Waals surface area contributed by atoms with Crippen LogP contribution >= 0.6 is 0 Å². The molecule has 0 aliphatic carbocycles. The summed E-state index contributed by atoms with van der Waals surface area (Å²) in [6, 6.07) is -0.997. The van der Waals surface area contributed by atoms with Crippen molar-refractivity contribution in [3.05, 3.63) is 12.3 Å². The van der Waals surface area contributed by atoms with E-state index in [2.05, 4.69) is 17.2 Å². The van der Waals surface area contributed by atoms with Crippen molar-refractivity contribution in [2.45, 2.75) is 90.9 Å². The fourth-order valence-corrected chi connectivity index (χ4v) is 2.08. The minimum atomic E-state index is -1.10. The lowest BCUT2D eigenvalue weighted by Crippen LogP contribution is -2.43. The lowest BCUT2D eigenvalue weighted by atomic mass is 10.1. The summed E-state index contributed by atoms with van der Waals surface area (Å²) < 4.78 is 10.2. The molecule has 8 heteroatoms. The van der Waals surface area contributed by atoms with Gasteiger partial charge in [0.25, 0.3) is 0 Å². The lowest BCUT2D eigenvalue weighted by molar-refractivity contribution is -0.139. The van der Waals surface area contributed by atoms with Crippen LogP contribution in [-0.2, 0) is 14.3 Å². The number of aliphatic carboxylic acids is 1. The first-order valence-electron chi connectivity index (χ1n) is 9.10. The van der Waals surface area contributed by atoms with E-state index in [4.69, 9.17) is 9.47 Å².